The molecular formula is C18H19NO6. The summed E-state index contributed by atoms with van der Waals surface area (Å²) in [5, 5.41) is 21.5. The summed E-state index contributed by atoms with van der Waals surface area (Å²) in [5.74, 6) is -1.42. The SMILES string of the molecule is COC(=O)C(OC(O)c1ccccc1)[C@H](C)c1ccccc1[N+](=O)[O-]. The van der Waals surface area contributed by atoms with Crippen molar-refractivity contribution >= 4 is 11.7 Å². The minimum atomic E-state index is -1.37. The van der Waals surface area contributed by atoms with Gasteiger partial charge in [0.25, 0.3) is 5.69 Å². The molecule has 25 heavy (non-hydrogen) atoms. The number of nitrogens with zero attached hydrogens (tertiary/aromatic N) is 1. The van der Waals surface area contributed by atoms with Crippen molar-refractivity contribution in [2.75, 3.05) is 7.11 Å². The Labute approximate surface area is 145 Å². The lowest BCUT2D eigenvalue weighted by atomic mass is 9.93. The molecule has 0 fully saturated rings. The third-order valence-corrected chi connectivity index (χ3v) is 3.87. The van der Waals surface area contributed by atoms with E-state index in [1.54, 1.807) is 55.5 Å². The minimum Gasteiger partial charge on any atom is -0.467 e. The van der Waals surface area contributed by atoms with Crippen LogP contribution >= 0.6 is 0 Å². The molecule has 0 saturated heterocycles. The molecule has 2 aromatic carbocycles. The van der Waals surface area contributed by atoms with E-state index < -0.39 is 29.2 Å². The van der Waals surface area contributed by atoms with Gasteiger partial charge < -0.3 is 14.6 Å². The standard InChI is InChI=1S/C18H19NO6/c1-12(14-10-6-7-11-15(14)19(22)23)16(18(21)24-2)25-17(20)13-8-4-3-5-9-13/h3-12,16-17,20H,1-2H3/t12-,16?,17?/m1/s1. The molecule has 3 atom stereocenters. The topological polar surface area (TPSA) is 98.9 Å². The highest BCUT2D eigenvalue weighted by Gasteiger charge is 2.34. The fourth-order valence-corrected chi connectivity index (χ4v) is 2.53. The third kappa shape index (κ3) is 4.40. The maximum absolute atomic E-state index is 12.1. The number of carbonyl (C=O) groups is 1. The number of nitro groups is 1. The van der Waals surface area contributed by atoms with E-state index in [0.717, 1.165) is 0 Å². The second-order valence-corrected chi connectivity index (χ2v) is 5.45. The van der Waals surface area contributed by atoms with Crippen LogP contribution in [0.25, 0.3) is 0 Å². The number of aliphatic hydroxyl groups is 1. The monoisotopic (exact) mass is 345 g/mol. The second kappa shape index (κ2) is 8.36. The van der Waals surface area contributed by atoms with Crippen LogP contribution in [0.4, 0.5) is 5.69 Å². The molecule has 0 spiro atoms. The molecule has 132 valence electrons. The van der Waals surface area contributed by atoms with Gasteiger partial charge in [-0.25, -0.2) is 4.79 Å². The van der Waals surface area contributed by atoms with E-state index in [9.17, 15) is 20.0 Å². The number of esters is 1. The first-order valence-electron chi connectivity index (χ1n) is 7.65. The van der Waals surface area contributed by atoms with Crippen molar-refractivity contribution < 1.29 is 24.3 Å². The number of hydrogen-bond acceptors (Lipinski definition) is 6. The van der Waals surface area contributed by atoms with Crippen LogP contribution in [-0.4, -0.2) is 29.2 Å². The number of benzene rings is 2. The van der Waals surface area contributed by atoms with E-state index in [1.807, 2.05) is 0 Å². The number of hydrogen-bond donors (Lipinski definition) is 1. The first kappa shape index (κ1) is 18.6. The van der Waals surface area contributed by atoms with Crippen molar-refractivity contribution in [1.29, 1.82) is 0 Å². The second-order valence-electron chi connectivity index (χ2n) is 5.45. The van der Waals surface area contributed by atoms with Gasteiger partial charge in [-0.05, 0) is 0 Å². The van der Waals surface area contributed by atoms with Gasteiger partial charge >= 0.3 is 5.97 Å². The Morgan fingerprint density at radius 1 is 1.12 bits per heavy atom. The van der Waals surface area contributed by atoms with E-state index in [0.29, 0.717) is 11.1 Å². The molecule has 0 saturated carbocycles. The molecular weight excluding hydrogens is 326 g/mol. The molecule has 0 amide bonds. The average Bonchev–Trinajstić information content (AvgIpc) is 2.65. The molecule has 2 aromatic rings. The smallest absolute Gasteiger partial charge is 0.335 e. The zero-order chi connectivity index (χ0) is 18.4. The van der Waals surface area contributed by atoms with Crippen molar-refractivity contribution in [3.8, 4) is 0 Å². The first-order valence-corrected chi connectivity index (χ1v) is 7.65. The highest BCUT2D eigenvalue weighted by atomic mass is 16.6. The Hall–Kier alpha value is -2.77. The third-order valence-electron chi connectivity index (χ3n) is 3.87. The van der Waals surface area contributed by atoms with Gasteiger partial charge in [0.05, 0.1) is 12.0 Å². The molecule has 0 aliphatic rings. The summed E-state index contributed by atoms with van der Waals surface area (Å²) in [6.07, 6.45) is -2.57. The summed E-state index contributed by atoms with van der Waals surface area (Å²) < 4.78 is 10.2. The summed E-state index contributed by atoms with van der Waals surface area (Å²) in [6, 6.07) is 14.6. The van der Waals surface area contributed by atoms with Gasteiger partial charge in [-0.2, -0.15) is 0 Å². The maximum atomic E-state index is 12.1. The van der Waals surface area contributed by atoms with E-state index in [1.165, 1.54) is 13.2 Å². The molecule has 0 radical (unpaired) electrons. The molecule has 0 bridgehead atoms. The van der Waals surface area contributed by atoms with Crippen LogP contribution < -0.4 is 0 Å². The van der Waals surface area contributed by atoms with Gasteiger partial charge in [-0.15, -0.1) is 0 Å². The summed E-state index contributed by atoms with van der Waals surface area (Å²) in [6.45, 7) is 1.61. The van der Waals surface area contributed by atoms with Crippen LogP contribution in [0, 0.1) is 10.1 Å². The largest absolute Gasteiger partial charge is 0.467 e. The number of rotatable bonds is 7. The van der Waals surface area contributed by atoms with Gasteiger partial charge in [0.1, 0.15) is 0 Å². The lowest BCUT2D eigenvalue weighted by molar-refractivity contribution is -0.385. The van der Waals surface area contributed by atoms with Gasteiger partial charge in [-0.3, -0.25) is 10.1 Å². The molecule has 0 aliphatic heterocycles. The van der Waals surface area contributed by atoms with Crippen molar-refractivity contribution in [3.05, 3.63) is 75.8 Å². The Bertz CT molecular complexity index is 733. The van der Waals surface area contributed by atoms with Gasteiger partial charge in [-0.1, -0.05) is 55.5 Å². The van der Waals surface area contributed by atoms with E-state index in [4.69, 9.17) is 9.47 Å². The van der Waals surface area contributed by atoms with E-state index >= 15 is 0 Å². The normalized spacial score (nSPS) is 14.4. The molecule has 1 N–H and O–H groups in total. The number of methoxy groups -OCH3 is 1. The van der Waals surface area contributed by atoms with Crippen LogP contribution in [-0.2, 0) is 14.3 Å². The maximum Gasteiger partial charge on any atom is 0.335 e. The lowest BCUT2D eigenvalue weighted by Crippen LogP contribution is -2.32. The minimum absolute atomic E-state index is 0.123. The fraction of sp³-hybridized carbons (Fsp3) is 0.278. The van der Waals surface area contributed by atoms with Gasteiger partial charge in [0, 0.05) is 23.1 Å². The highest BCUT2D eigenvalue weighted by molar-refractivity contribution is 5.76. The number of carbonyl (C=O) groups excluding carboxylic acids is 1. The molecule has 7 heteroatoms. The molecule has 2 rings (SSSR count). The van der Waals surface area contributed by atoms with Crippen LogP contribution in [0.2, 0.25) is 0 Å². The van der Waals surface area contributed by atoms with Crippen LogP contribution in [0.15, 0.2) is 54.6 Å². The van der Waals surface area contributed by atoms with Crippen molar-refractivity contribution in [3.63, 3.8) is 0 Å². The summed E-state index contributed by atoms with van der Waals surface area (Å²) in [7, 11) is 1.19. The average molecular weight is 345 g/mol. The van der Waals surface area contributed by atoms with Gasteiger partial charge in [0.2, 0.25) is 0 Å². The Balaban J connectivity index is 2.31. The zero-order valence-electron chi connectivity index (χ0n) is 13.9. The Morgan fingerprint density at radius 2 is 1.72 bits per heavy atom. The van der Waals surface area contributed by atoms with Crippen molar-refractivity contribution in [2.45, 2.75) is 25.2 Å². The van der Waals surface area contributed by atoms with Gasteiger partial charge in [0.15, 0.2) is 12.4 Å². The molecule has 0 aromatic heterocycles. The summed E-state index contributed by atoms with van der Waals surface area (Å²) in [4.78, 5) is 22.9. The number of nitro benzene ring substituents is 1. The number of ether oxygens (including phenoxy) is 2. The molecule has 2 unspecified atom stereocenters. The molecule has 0 aliphatic carbocycles. The fourth-order valence-electron chi connectivity index (χ4n) is 2.53. The molecule has 7 nitrogen and oxygen atoms in total. The summed E-state index contributed by atoms with van der Waals surface area (Å²) in [5.41, 5.74) is 0.663. The summed E-state index contributed by atoms with van der Waals surface area (Å²) >= 11 is 0. The van der Waals surface area contributed by atoms with Crippen LogP contribution in [0.5, 0.6) is 0 Å². The predicted molar refractivity (Wildman–Crippen MR) is 89.8 cm³/mol. The quantitative estimate of drug-likeness (QED) is 0.358. The Morgan fingerprint density at radius 3 is 2.32 bits per heavy atom. The van der Waals surface area contributed by atoms with E-state index in [2.05, 4.69) is 0 Å². The van der Waals surface area contributed by atoms with Crippen LogP contribution in [0.1, 0.15) is 30.3 Å². The zero-order valence-corrected chi connectivity index (χ0v) is 13.9. The Kier molecular flexibility index (Phi) is 6.21. The van der Waals surface area contributed by atoms with Crippen molar-refractivity contribution in [2.24, 2.45) is 0 Å². The lowest BCUT2D eigenvalue weighted by Gasteiger charge is -2.25. The van der Waals surface area contributed by atoms with E-state index in [-0.39, 0.29) is 5.69 Å². The highest BCUT2D eigenvalue weighted by Crippen LogP contribution is 2.32. The number of aliphatic hydroxyl groups excluding tert-OH is 1. The van der Waals surface area contributed by atoms with Crippen LogP contribution in [0.3, 0.4) is 0 Å². The molecule has 0 heterocycles. The van der Waals surface area contributed by atoms with Crippen molar-refractivity contribution in [1.82, 2.24) is 0 Å². The number of para-hydroxylation sites is 1. The predicted octanol–water partition coefficient (Wildman–Crippen LogP) is 2.95. The first-order chi connectivity index (χ1) is 12.0.